The van der Waals surface area contributed by atoms with Crippen molar-refractivity contribution < 1.29 is 4.42 Å². The topological polar surface area (TPSA) is 56.7 Å². The quantitative estimate of drug-likeness (QED) is 0.176. The highest BCUT2D eigenvalue weighted by Crippen LogP contribution is 2.46. The van der Waals surface area contributed by atoms with Crippen molar-refractivity contribution in [1.29, 1.82) is 0 Å². The zero-order valence-electron chi connectivity index (χ0n) is 31.2. The first-order chi connectivity index (χ1) is 28.8. The molecule has 0 N–H and O–H groups in total. The van der Waals surface area contributed by atoms with Gasteiger partial charge in [-0.15, -0.1) is 0 Å². The summed E-state index contributed by atoms with van der Waals surface area (Å²) in [5.74, 6) is 1.74. The third-order valence-electron chi connectivity index (χ3n) is 11.4. The van der Waals surface area contributed by atoms with Gasteiger partial charge in [0.15, 0.2) is 11.6 Å². The van der Waals surface area contributed by atoms with Crippen LogP contribution in [0.3, 0.4) is 0 Å². The Balaban J connectivity index is 1.21. The van der Waals surface area contributed by atoms with Gasteiger partial charge in [0.2, 0.25) is 5.95 Å². The third kappa shape index (κ3) is 5.00. The molecule has 12 rings (SSSR count). The molecule has 0 saturated heterocycles. The van der Waals surface area contributed by atoms with Crippen LogP contribution in [-0.2, 0) is 0 Å². The van der Waals surface area contributed by atoms with Crippen LogP contribution < -0.4 is 0 Å². The van der Waals surface area contributed by atoms with E-state index in [1.807, 2.05) is 30.3 Å². The SMILES string of the molecule is c1ccc(-c2ccc(-c3nc(-c4ccccc4)nc(-n4c5c(-c6c7ccccc7cc7c6oc6ccccc67)cccc5c5ccc6ccccc6c54)n3)cc2)cc1. The van der Waals surface area contributed by atoms with E-state index in [0.717, 1.165) is 98.7 Å². The summed E-state index contributed by atoms with van der Waals surface area (Å²) in [6.07, 6.45) is 0. The smallest absolute Gasteiger partial charge is 0.238 e. The van der Waals surface area contributed by atoms with Crippen LogP contribution in [0.15, 0.2) is 199 Å². The lowest BCUT2D eigenvalue weighted by Crippen LogP contribution is -2.07. The van der Waals surface area contributed by atoms with Crippen molar-refractivity contribution in [1.82, 2.24) is 19.5 Å². The molecule has 0 amide bonds. The minimum atomic E-state index is 0.542. The largest absolute Gasteiger partial charge is 0.455 e. The predicted molar refractivity (Wildman–Crippen MR) is 238 cm³/mol. The minimum absolute atomic E-state index is 0.542. The predicted octanol–water partition coefficient (Wildman–Crippen LogP) is 13.8. The molecule has 3 aromatic heterocycles. The van der Waals surface area contributed by atoms with Gasteiger partial charge < -0.3 is 4.42 Å². The summed E-state index contributed by atoms with van der Waals surface area (Å²) in [4.78, 5) is 15.9. The fraction of sp³-hybridized carbons (Fsp3) is 0. The van der Waals surface area contributed by atoms with E-state index in [0.29, 0.717) is 17.6 Å². The molecule has 3 heterocycles. The van der Waals surface area contributed by atoms with Gasteiger partial charge >= 0.3 is 0 Å². The van der Waals surface area contributed by atoms with Gasteiger partial charge in [-0.1, -0.05) is 182 Å². The van der Waals surface area contributed by atoms with Crippen molar-refractivity contribution in [2.45, 2.75) is 0 Å². The molecule has 0 bridgehead atoms. The van der Waals surface area contributed by atoms with E-state index in [1.165, 1.54) is 0 Å². The molecular weight excluding hydrogens is 709 g/mol. The zero-order chi connectivity index (χ0) is 38.2. The summed E-state index contributed by atoms with van der Waals surface area (Å²) in [6, 6.07) is 67.9. The van der Waals surface area contributed by atoms with Crippen molar-refractivity contribution in [2.75, 3.05) is 0 Å². The first kappa shape index (κ1) is 32.4. The van der Waals surface area contributed by atoms with Crippen LogP contribution in [-0.4, -0.2) is 19.5 Å². The van der Waals surface area contributed by atoms with E-state index in [4.69, 9.17) is 19.4 Å². The average Bonchev–Trinajstić information content (AvgIpc) is 3.85. The van der Waals surface area contributed by atoms with Crippen molar-refractivity contribution >= 4 is 65.3 Å². The second kappa shape index (κ2) is 12.8. The van der Waals surface area contributed by atoms with Crippen molar-refractivity contribution in [3.63, 3.8) is 0 Å². The van der Waals surface area contributed by atoms with Gasteiger partial charge in [-0.05, 0) is 39.4 Å². The number of benzene rings is 9. The van der Waals surface area contributed by atoms with Crippen molar-refractivity contribution in [3.8, 4) is 51.0 Å². The summed E-state index contributed by atoms with van der Waals surface area (Å²) in [5, 5.41) is 8.91. The summed E-state index contributed by atoms with van der Waals surface area (Å²) < 4.78 is 9.10. The molecule has 270 valence electrons. The molecular formula is C53H32N4O. The maximum absolute atomic E-state index is 6.83. The fourth-order valence-corrected chi connectivity index (χ4v) is 8.77. The molecule has 5 heteroatoms. The number of rotatable bonds is 5. The molecule has 0 saturated carbocycles. The lowest BCUT2D eigenvalue weighted by molar-refractivity contribution is 0.670. The Labute approximate surface area is 333 Å². The molecule has 0 unspecified atom stereocenters. The molecule has 0 aliphatic rings. The minimum Gasteiger partial charge on any atom is -0.455 e. The molecule has 0 spiro atoms. The van der Waals surface area contributed by atoms with E-state index in [2.05, 4.69) is 168 Å². The molecule has 9 aromatic carbocycles. The number of para-hydroxylation sites is 2. The number of fused-ring (bicyclic) bond motifs is 9. The number of aromatic nitrogens is 4. The lowest BCUT2D eigenvalue weighted by Gasteiger charge is -2.15. The Morgan fingerprint density at radius 2 is 0.931 bits per heavy atom. The third-order valence-corrected chi connectivity index (χ3v) is 11.4. The normalized spacial score (nSPS) is 11.8. The van der Waals surface area contributed by atoms with Gasteiger partial charge in [-0.3, -0.25) is 4.57 Å². The van der Waals surface area contributed by atoms with Crippen molar-refractivity contribution in [3.05, 3.63) is 194 Å². The summed E-state index contributed by atoms with van der Waals surface area (Å²) >= 11 is 0. The van der Waals surface area contributed by atoms with Gasteiger partial charge in [0.25, 0.3) is 0 Å². The second-order valence-electron chi connectivity index (χ2n) is 14.8. The van der Waals surface area contributed by atoms with Gasteiger partial charge in [0.1, 0.15) is 11.2 Å². The Hall–Kier alpha value is -7.89. The average molecular weight is 741 g/mol. The van der Waals surface area contributed by atoms with Crippen LogP contribution in [0.2, 0.25) is 0 Å². The van der Waals surface area contributed by atoms with Crippen LogP contribution in [0.4, 0.5) is 0 Å². The van der Waals surface area contributed by atoms with Crippen LogP contribution in [0.1, 0.15) is 0 Å². The second-order valence-corrected chi connectivity index (χ2v) is 14.8. The van der Waals surface area contributed by atoms with Crippen molar-refractivity contribution in [2.24, 2.45) is 0 Å². The molecule has 12 aromatic rings. The maximum Gasteiger partial charge on any atom is 0.238 e. The molecule has 5 nitrogen and oxygen atoms in total. The summed E-state index contributed by atoms with van der Waals surface area (Å²) in [7, 11) is 0. The monoisotopic (exact) mass is 740 g/mol. The van der Waals surface area contributed by atoms with Gasteiger partial charge in [-0.2, -0.15) is 9.97 Å². The Morgan fingerprint density at radius 1 is 0.362 bits per heavy atom. The van der Waals surface area contributed by atoms with E-state index in [9.17, 15) is 0 Å². The van der Waals surface area contributed by atoms with Crippen LogP contribution in [0.5, 0.6) is 0 Å². The zero-order valence-corrected chi connectivity index (χ0v) is 31.2. The van der Waals surface area contributed by atoms with Crippen LogP contribution in [0, 0.1) is 0 Å². The van der Waals surface area contributed by atoms with E-state index < -0.39 is 0 Å². The first-order valence-electron chi connectivity index (χ1n) is 19.5. The number of furan rings is 1. The summed E-state index contributed by atoms with van der Waals surface area (Å²) in [6.45, 7) is 0. The molecule has 0 aliphatic carbocycles. The van der Waals surface area contributed by atoms with Gasteiger partial charge in [0.05, 0.1) is 11.0 Å². The molecule has 0 atom stereocenters. The maximum atomic E-state index is 6.83. The fourth-order valence-electron chi connectivity index (χ4n) is 8.77. The highest BCUT2D eigenvalue weighted by molar-refractivity contribution is 6.25. The van der Waals surface area contributed by atoms with E-state index in [-0.39, 0.29) is 0 Å². The molecule has 0 fully saturated rings. The molecule has 58 heavy (non-hydrogen) atoms. The summed E-state index contributed by atoms with van der Waals surface area (Å²) in [5.41, 5.74) is 9.95. The standard InChI is InChI=1S/C53H32N4O/c1-3-14-33(15-4-1)34-26-28-37(29-27-34)52-54-51(36-17-5-2-6-18-36)55-53(56-52)57-48-40-21-10-7-16-35(40)30-31-43(48)42-23-13-24-44(49(42)57)47-39-20-9-8-19-38(39)32-45-41-22-11-12-25-46(41)58-50(45)47/h1-32H. The van der Waals surface area contributed by atoms with Gasteiger partial charge in [-0.25, -0.2) is 4.98 Å². The molecule has 0 aliphatic heterocycles. The number of nitrogens with zero attached hydrogens (tertiary/aromatic N) is 4. The van der Waals surface area contributed by atoms with Crippen LogP contribution in [0.25, 0.3) is 116 Å². The highest BCUT2D eigenvalue weighted by Gasteiger charge is 2.25. The molecule has 0 radical (unpaired) electrons. The number of hydrogen-bond acceptors (Lipinski definition) is 4. The number of hydrogen-bond donors (Lipinski definition) is 0. The van der Waals surface area contributed by atoms with Crippen LogP contribution >= 0.6 is 0 Å². The lowest BCUT2D eigenvalue weighted by atomic mass is 9.93. The van der Waals surface area contributed by atoms with Gasteiger partial charge in [0, 0.05) is 49.2 Å². The Morgan fingerprint density at radius 3 is 1.71 bits per heavy atom. The van der Waals surface area contributed by atoms with E-state index in [1.54, 1.807) is 0 Å². The van der Waals surface area contributed by atoms with E-state index >= 15 is 0 Å². The Bertz CT molecular complexity index is 3550. The Kier molecular flexibility index (Phi) is 7.16. The first-order valence-corrected chi connectivity index (χ1v) is 19.5. The highest BCUT2D eigenvalue weighted by atomic mass is 16.3.